The van der Waals surface area contributed by atoms with Gasteiger partial charge in [0.05, 0.1) is 0 Å². The van der Waals surface area contributed by atoms with Crippen molar-refractivity contribution in [2.45, 2.75) is 25.8 Å². The van der Waals surface area contributed by atoms with Gasteiger partial charge in [0.15, 0.2) is 0 Å². The van der Waals surface area contributed by atoms with Crippen LogP contribution in [0.25, 0.3) is 0 Å². The second kappa shape index (κ2) is 5.82. The number of anilines is 2. The van der Waals surface area contributed by atoms with Crippen LogP contribution in [0.4, 0.5) is 11.6 Å². The number of piperidine rings is 1. The van der Waals surface area contributed by atoms with E-state index in [0.717, 1.165) is 31.3 Å². The topological polar surface area (TPSA) is 53.1 Å². The zero-order chi connectivity index (χ0) is 12.1. The minimum absolute atomic E-state index is 0.538. The van der Waals surface area contributed by atoms with Crippen LogP contribution in [-0.2, 0) is 0 Å². The summed E-state index contributed by atoms with van der Waals surface area (Å²) in [7, 11) is 2.17. The van der Waals surface area contributed by atoms with Gasteiger partial charge < -0.3 is 15.5 Å². The summed E-state index contributed by atoms with van der Waals surface area (Å²) < 4.78 is 0. The van der Waals surface area contributed by atoms with Gasteiger partial charge in [-0.3, -0.25) is 0 Å². The average molecular weight is 235 g/mol. The van der Waals surface area contributed by atoms with Crippen molar-refractivity contribution in [3.63, 3.8) is 0 Å². The van der Waals surface area contributed by atoms with E-state index in [-0.39, 0.29) is 0 Å². The number of hydrogen-bond acceptors (Lipinski definition) is 5. The van der Waals surface area contributed by atoms with Crippen LogP contribution in [0, 0.1) is 0 Å². The summed E-state index contributed by atoms with van der Waals surface area (Å²) >= 11 is 0. The van der Waals surface area contributed by atoms with Crippen LogP contribution < -0.4 is 10.6 Å². The van der Waals surface area contributed by atoms with E-state index in [0.29, 0.717) is 6.04 Å². The molecule has 1 fully saturated rings. The highest BCUT2D eigenvalue weighted by Crippen LogP contribution is 2.15. The Balaban J connectivity index is 1.91. The minimum atomic E-state index is 0.538. The second-order valence-electron chi connectivity index (χ2n) is 4.54. The first-order chi connectivity index (χ1) is 8.28. The highest BCUT2D eigenvalue weighted by atomic mass is 15.1. The Morgan fingerprint density at radius 1 is 1.29 bits per heavy atom. The van der Waals surface area contributed by atoms with Gasteiger partial charge in [0.2, 0.25) is 0 Å². The third-order valence-corrected chi connectivity index (χ3v) is 3.10. The molecule has 1 aliphatic heterocycles. The quantitative estimate of drug-likeness (QED) is 0.826. The van der Waals surface area contributed by atoms with Gasteiger partial charge in [0, 0.05) is 18.7 Å². The van der Waals surface area contributed by atoms with E-state index in [4.69, 9.17) is 0 Å². The van der Waals surface area contributed by atoms with E-state index in [1.165, 1.54) is 12.8 Å². The van der Waals surface area contributed by atoms with Crippen LogP contribution >= 0.6 is 0 Å². The van der Waals surface area contributed by atoms with Crippen molar-refractivity contribution in [1.82, 2.24) is 14.9 Å². The molecular formula is C12H21N5. The molecule has 2 rings (SSSR count). The first kappa shape index (κ1) is 12.1. The first-order valence-electron chi connectivity index (χ1n) is 6.29. The first-order valence-corrected chi connectivity index (χ1v) is 6.29. The number of nitrogens with zero attached hydrogens (tertiary/aromatic N) is 3. The lowest BCUT2D eigenvalue weighted by molar-refractivity contribution is 0.263. The van der Waals surface area contributed by atoms with Gasteiger partial charge in [0.25, 0.3) is 0 Å². The summed E-state index contributed by atoms with van der Waals surface area (Å²) in [6.07, 6.45) is 3.96. The van der Waals surface area contributed by atoms with Crippen LogP contribution in [0.15, 0.2) is 12.4 Å². The molecule has 0 aliphatic carbocycles. The molecule has 0 atom stereocenters. The lowest BCUT2D eigenvalue weighted by Gasteiger charge is -2.29. The fourth-order valence-electron chi connectivity index (χ4n) is 2.08. The van der Waals surface area contributed by atoms with Crippen LogP contribution in [0.2, 0.25) is 0 Å². The lowest BCUT2D eigenvalue weighted by Crippen LogP contribution is -2.36. The molecule has 1 aliphatic rings. The molecular weight excluding hydrogens is 214 g/mol. The summed E-state index contributed by atoms with van der Waals surface area (Å²) in [4.78, 5) is 10.8. The number of nitrogens with one attached hydrogen (secondary N) is 2. The Kier molecular flexibility index (Phi) is 4.14. The zero-order valence-corrected chi connectivity index (χ0v) is 10.6. The van der Waals surface area contributed by atoms with Crippen molar-refractivity contribution in [1.29, 1.82) is 0 Å². The van der Waals surface area contributed by atoms with Gasteiger partial charge in [-0.1, -0.05) is 0 Å². The lowest BCUT2D eigenvalue weighted by atomic mass is 10.1. The smallest absolute Gasteiger partial charge is 0.131 e. The summed E-state index contributed by atoms with van der Waals surface area (Å²) in [5, 5.41) is 6.68. The van der Waals surface area contributed by atoms with Crippen LogP contribution in [0.1, 0.15) is 19.8 Å². The fraction of sp³-hybridized carbons (Fsp3) is 0.667. The standard InChI is InChI=1S/C12H21N5/c1-3-13-11-8-12(15-9-14-11)16-10-4-6-17(2)7-5-10/h8-10H,3-7H2,1-2H3,(H2,13,14,15,16). The zero-order valence-electron chi connectivity index (χ0n) is 10.6. The maximum atomic E-state index is 4.26. The van der Waals surface area contributed by atoms with E-state index < -0.39 is 0 Å². The molecule has 0 amide bonds. The Bertz CT molecular complexity index is 347. The van der Waals surface area contributed by atoms with Gasteiger partial charge in [-0.2, -0.15) is 0 Å². The fourth-order valence-corrected chi connectivity index (χ4v) is 2.08. The van der Waals surface area contributed by atoms with Crippen LogP contribution in [0.3, 0.4) is 0 Å². The number of hydrogen-bond donors (Lipinski definition) is 2. The minimum Gasteiger partial charge on any atom is -0.370 e. The summed E-state index contributed by atoms with van der Waals surface area (Å²) in [6, 6.07) is 2.51. The van der Waals surface area contributed by atoms with Gasteiger partial charge in [-0.25, -0.2) is 9.97 Å². The molecule has 5 heteroatoms. The third-order valence-electron chi connectivity index (χ3n) is 3.10. The normalized spacial score (nSPS) is 18.0. The SMILES string of the molecule is CCNc1cc(NC2CCN(C)CC2)ncn1. The van der Waals surface area contributed by atoms with E-state index >= 15 is 0 Å². The maximum Gasteiger partial charge on any atom is 0.131 e. The van der Waals surface area contributed by atoms with E-state index in [9.17, 15) is 0 Å². The van der Waals surface area contributed by atoms with E-state index in [1.54, 1.807) is 6.33 Å². The number of aromatic nitrogens is 2. The Hall–Kier alpha value is -1.36. The van der Waals surface area contributed by atoms with Gasteiger partial charge in [0.1, 0.15) is 18.0 Å². The van der Waals surface area contributed by atoms with Gasteiger partial charge >= 0.3 is 0 Å². The monoisotopic (exact) mass is 235 g/mol. The maximum absolute atomic E-state index is 4.26. The van der Waals surface area contributed by atoms with Crippen molar-refractivity contribution in [2.24, 2.45) is 0 Å². The molecule has 0 spiro atoms. The largest absolute Gasteiger partial charge is 0.370 e. The van der Waals surface area contributed by atoms with Crippen molar-refractivity contribution < 1.29 is 0 Å². The van der Waals surface area contributed by atoms with E-state index in [1.807, 2.05) is 6.07 Å². The van der Waals surface area contributed by atoms with Gasteiger partial charge in [-0.05, 0) is 39.9 Å². The molecule has 94 valence electrons. The van der Waals surface area contributed by atoms with Crippen molar-refractivity contribution in [2.75, 3.05) is 37.3 Å². The third kappa shape index (κ3) is 3.56. The Morgan fingerprint density at radius 2 is 2.00 bits per heavy atom. The molecule has 0 bridgehead atoms. The average Bonchev–Trinajstić information content (AvgIpc) is 2.33. The van der Waals surface area contributed by atoms with Crippen molar-refractivity contribution in [3.05, 3.63) is 12.4 Å². The molecule has 0 unspecified atom stereocenters. The van der Waals surface area contributed by atoms with Crippen LogP contribution in [0.5, 0.6) is 0 Å². The Morgan fingerprint density at radius 3 is 2.71 bits per heavy atom. The summed E-state index contributed by atoms with van der Waals surface area (Å²) in [5.41, 5.74) is 0. The highest BCUT2D eigenvalue weighted by molar-refractivity contribution is 5.46. The molecule has 2 N–H and O–H groups in total. The molecule has 0 saturated carbocycles. The molecule has 17 heavy (non-hydrogen) atoms. The summed E-state index contributed by atoms with van der Waals surface area (Å²) in [5.74, 6) is 1.81. The molecule has 2 heterocycles. The predicted octanol–water partition coefficient (Wildman–Crippen LogP) is 1.41. The van der Waals surface area contributed by atoms with Crippen molar-refractivity contribution >= 4 is 11.6 Å². The molecule has 0 radical (unpaired) electrons. The molecule has 5 nitrogen and oxygen atoms in total. The highest BCUT2D eigenvalue weighted by Gasteiger charge is 2.16. The molecule has 1 saturated heterocycles. The van der Waals surface area contributed by atoms with Gasteiger partial charge in [-0.15, -0.1) is 0 Å². The van der Waals surface area contributed by atoms with Crippen molar-refractivity contribution in [3.8, 4) is 0 Å². The van der Waals surface area contributed by atoms with Crippen LogP contribution in [-0.4, -0.2) is 47.6 Å². The molecule has 1 aromatic heterocycles. The molecule has 1 aromatic rings. The predicted molar refractivity (Wildman–Crippen MR) is 70.3 cm³/mol. The van der Waals surface area contributed by atoms with E-state index in [2.05, 4.69) is 39.5 Å². The second-order valence-corrected chi connectivity index (χ2v) is 4.54. The number of likely N-dealkylation sites (tertiary alicyclic amines) is 1. The molecule has 0 aromatic carbocycles. The summed E-state index contributed by atoms with van der Waals surface area (Å²) in [6.45, 7) is 5.25. The number of rotatable bonds is 4. The Labute approximate surface area is 103 Å².